The number of carbonyl (C=O) groups excluding carboxylic acids is 1. The second-order valence-corrected chi connectivity index (χ2v) is 5.64. The lowest BCUT2D eigenvalue weighted by Crippen LogP contribution is -2.03. The highest BCUT2D eigenvalue weighted by molar-refractivity contribution is 6.37. The summed E-state index contributed by atoms with van der Waals surface area (Å²) in [7, 11) is 0. The van der Waals surface area contributed by atoms with E-state index in [4.69, 9.17) is 23.2 Å². The molecule has 0 radical (unpaired) electrons. The van der Waals surface area contributed by atoms with Crippen molar-refractivity contribution in [3.63, 3.8) is 0 Å². The van der Waals surface area contributed by atoms with Crippen molar-refractivity contribution in [1.82, 2.24) is 0 Å². The lowest BCUT2D eigenvalue weighted by Gasteiger charge is -2.03. The lowest BCUT2D eigenvalue weighted by atomic mass is 10.0. The summed E-state index contributed by atoms with van der Waals surface area (Å²) in [4.78, 5) is 12.2. The molecule has 0 aromatic heterocycles. The average molecular weight is 318 g/mol. The fourth-order valence-electron chi connectivity index (χ4n) is 2.39. The number of hydrogen-bond donors (Lipinski definition) is 1. The van der Waals surface area contributed by atoms with Crippen molar-refractivity contribution < 1.29 is 4.79 Å². The van der Waals surface area contributed by atoms with Crippen LogP contribution in [0.1, 0.15) is 16.7 Å². The summed E-state index contributed by atoms with van der Waals surface area (Å²) >= 11 is 12.0. The van der Waals surface area contributed by atoms with Crippen LogP contribution in [0.25, 0.3) is 11.6 Å². The van der Waals surface area contributed by atoms with Crippen LogP contribution in [-0.2, 0) is 11.2 Å². The summed E-state index contributed by atoms with van der Waals surface area (Å²) < 4.78 is 0. The Morgan fingerprint density at radius 1 is 1.14 bits per heavy atom. The van der Waals surface area contributed by atoms with Crippen molar-refractivity contribution in [3.8, 4) is 0 Å². The molecule has 106 valence electrons. The normalized spacial score (nSPS) is 15.1. The summed E-state index contributed by atoms with van der Waals surface area (Å²) in [6.07, 6.45) is 2.61. The number of aryl methyl sites for hydroxylation is 1. The smallest absolute Gasteiger partial charge is 0.256 e. The lowest BCUT2D eigenvalue weighted by molar-refractivity contribution is -0.110. The predicted octanol–water partition coefficient (Wildman–Crippen LogP) is 4.61. The molecule has 1 aliphatic rings. The maximum absolute atomic E-state index is 12.2. The zero-order valence-electron chi connectivity index (χ0n) is 11.2. The molecule has 1 heterocycles. The van der Waals surface area contributed by atoms with Gasteiger partial charge < -0.3 is 5.32 Å². The first kappa shape index (κ1) is 14.2. The Morgan fingerprint density at radius 3 is 2.71 bits per heavy atom. The van der Waals surface area contributed by atoms with Gasteiger partial charge >= 0.3 is 0 Å². The maximum atomic E-state index is 12.2. The molecule has 21 heavy (non-hydrogen) atoms. The highest BCUT2D eigenvalue weighted by Gasteiger charge is 2.24. The van der Waals surface area contributed by atoms with Crippen molar-refractivity contribution in [2.75, 3.05) is 11.2 Å². The number of anilines is 1. The molecule has 0 spiro atoms. The van der Waals surface area contributed by atoms with Crippen molar-refractivity contribution in [3.05, 3.63) is 64.2 Å². The number of hydrogen-bond acceptors (Lipinski definition) is 1. The van der Waals surface area contributed by atoms with Crippen molar-refractivity contribution in [1.29, 1.82) is 0 Å². The SMILES string of the molecule is O=C1Nc2ccc(CCCl)cc2C1=Cc1ccccc1Cl. The van der Waals surface area contributed by atoms with Gasteiger partial charge in [0.05, 0.1) is 0 Å². The summed E-state index contributed by atoms with van der Waals surface area (Å²) in [6, 6.07) is 13.4. The number of alkyl halides is 1. The molecule has 3 rings (SSSR count). The van der Waals surface area contributed by atoms with E-state index in [0.29, 0.717) is 16.5 Å². The van der Waals surface area contributed by atoms with Gasteiger partial charge in [0.2, 0.25) is 0 Å². The maximum Gasteiger partial charge on any atom is 0.256 e. The van der Waals surface area contributed by atoms with Crippen molar-refractivity contribution in [2.24, 2.45) is 0 Å². The Balaban J connectivity index is 2.07. The van der Waals surface area contributed by atoms with E-state index in [9.17, 15) is 4.79 Å². The van der Waals surface area contributed by atoms with E-state index >= 15 is 0 Å². The number of carbonyl (C=O) groups is 1. The van der Waals surface area contributed by atoms with Crippen LogP contribution in [0.2, 0.25) is 5.02 Å². The van der Waals surface area contributed by atoms with Gasteiger partial charge in [-0.25, -0.2) is 0 Å². The zero-order chi connectivity index (χ0) is 14.8. The van der Waals surface area contributed by atoms with E-state index in [1.165, 1.54) is 0 Å². The first-order valence-electron chi connectivity index (χ1n) is 6.66. The van der Waals surface area contributed by atoms with Gasteiger partial charge in [-0.3, -0.25) is 4.79 Å². The van der Waals surface area contributed by atoms with Gasteiger partial charge in [-0.05, 0) is 41.8 Å². The van der Waals surface area contributed by atoms with Gasteiger partial charge in [-0.2, -0.15) is 0 Å². The Labute approximate surface area is 133 Å². The van der Waals surface area contributed by atoms with Crippen LogP contribution < -0.4 is 5.32 Å². The molecule has 0 saturated heterocycles. The fourth-order valence-corrected chi connectivity index (χ4v) is 2.80. The molecule has 4 heteroatoms. The number of rotatable bonds is 3. The molecule has 0 atom stereocenters. The minimum absolute atomic E-state index is 0.104. The number of amides is 1. The first-order chi connectivity index (χ1) is 10.2. The molecule has 0 unspecified atom stereocenters. The van der Waals surface area contributed by atoms with Crippen LogP contribution >= 0.6 is 23.2 Å². The van der Waals surface area contributed by atoms with Crippen molar-refractivity contribution >= 4 is 46.4 Å². The van der Waals surface area contributed by atoms with E-state index in [0.717, 1.165) is 28.8 Å². The third-order valence-electron chi connectivity index (χ3n) is 3.46. The molecule has 1 amide bonds. The highest BCUT2D eigenvalue weighted by atomic mass is 35.5. The largest absolute Gasteiger partial charge is 0.321 e. The third kappa shape index (κ3) is 2.82. The van der Waals surface area contributed by atoms with Crippen LogP contribution in [0.3, 0.4) is 0 Å². The Kier molecular flexibility index (Phi) is 4.00. The van der Waals surface area contributed by atoms with E-state index in [1.807, 2.05) is 48.5 Å². The van der Waals surface area contributed by atoms with E-state index in [-0.39, 0.29) is 5.91 Å². The molecule has 1 aliphatic heterocycles. The number of benzene rings is 2. The molecule has 0 saturated carbocycles. The van der Waals surface area contributed by atoms with Gasteiger partial charge in [0, 0.05) is 27.7 Å². The second kappa shape index (κ2) is 5.92. The zero-order valence-corrected chi connectivity index (χ0v) is 12.7. The van der Waals surface area contributed by atoms with Crippen LogP contribution in [0.4, 0.5) is 5.69 Å². The van der Waals surface area contributed by atoms with Gasteiger partial charge in [-0.15, -0.1) is 11.6 Å². The number of nitrogens with one attached hydrogen (secondary N) is 1. The molecule has 2 aromatic rings. The van der Waals surface area contributed by atoms with Crippen molar-refractivity contribution in [2.45, 2.75) is 6.42 Å². The highest BCUT2D eigenvalue weighted by Crippen LogP contribution is 2.34. The topological polar surface area (TPSA) is 29.1 Å². The van der Waals surface area contributed by atoms with Crippen LogP contribution in [0.15, 0.2) is 42.5 Å². The first-order valence-corrected chi connectivity index (χ1v) is 7.57. The van der Waals surface area contributed by atoms with E-state index in [1.54, 1.807) is 0 Å². The quantitative estimate of drug-likeness (QED) is 0.649. The van der Waals surface area contributed by atoms with Crippen LogP contribution in [0, 0.1) is 0 Å². The monoisotopic (exact) mass is 317 g/mol. The second-order valence-electron chi connectivity index (χ2n) is 4.85. The number of fused-ring (bicyclic) bond motifs is 1. The summed E-state index contributed by atoms with van der Waals surface area (Å²) in [5.74, 6) is 0.455. The summed E-state index contributed by atoms with van der Waals surface area (Å²) in [5, 5.41) is 3.50. The van der Waals surface area contributed by atoms with Gasteiger partial charge in [-0.1, -0.05) is 35.9 Å². The molecule has 2 nitrogen and oxygen atoms in total. The molecule has 0 bridgehead atoms. The predicted molar refractivity (Wildman–Crippen MR) is 88.8 cm³/mol. The fraction of sp³-hybridized carbons (Fsp3) is 0.118. The third-order valence-corrected chi connectivity index (χ3v) is 3.99. The standard InChI is InChI=1S/C17H13Cl2NO/c18-8-7-11-5-6-16-13(9-11)14(17(21)20-16)10-12-3-1-2-4-15(12)19/h1-6,9-10H,7-8H2,(H,20,21). The molecule has 0 aliphatic carbocycles. The Bertz CT molecular complexity index is 737. The van der Waals surface area contributed by atoms with Crippen LogP contribution in [0.5, 0.6) is 0 Å². The van der Waals surface area contributed by atoms with Gasteiger partial charge in [0.15, 0.2) is 0 Å². The van der Waals surface area contributed by atoms with E-state index < -0.39 is 0 Å². The summed E-state index contributed by atoms with van der Waals surface area (Å²) in [5.41, 5.74) is 4.32. The molecular formula is C17H13Cl2NO. The van der Waals surface area contributed by atoms with Gasteiger partial charge in [0.1, 0.15) is 0 Å². The molecule has 2 aromatic carbocycles. The Hall–Kier alpha value is -1.77. The minimum atomic E-state index is -0.104. The van der Waals surface area contributed by atoms with Crippen LogP contribution in [-0.4, -0.2) is 11.8 Å². The summed E-state index contributed by atoms with van der Waals surface area (Å²) in [6.45, 7) is 0. The number of halogens is 2. The average Bonchev–Trinajstić information content (AvgIpc) is 2.78. The molecule has 0 fully saturated rings. The molecule has 1 N–H and O–H groups in total. The van der Waals surface area contributed by atoms with E-state index in [2.05, 4.69) is 5.32 Å². The minimum Gasteiger partial charge on any atom is -0.321 e. The Morgan fingerprint density at radius 2 is 1.95 bits per heavy atom. The molecular weight excluding hydrogens is 305 g/mol. The van der Waals surface area contributed by atoms with Gasteiger partial charge in [0.25, 0.3) is 5.91 Å².